The van der Waals surface area contributed by atoms with Crippen molar-refractivity contribution < 1.29 is 9.53 Å². The van der Waals surface area contributed by atoms with E-state index in [9.17, 15) is 4.79 Å². The fourth-order valence-electron chi connectivity index (χ4n) is 2.92. The van der Waals surface area contributed by atoms with E-state index in [1.54, 1.807) is 0 Å². The van der Waals surface area contributed by atoms with E-state index in [2.05, 4.69) is 22.5 Å². The highest BCUT2D eigenvalue weighted by Gasteiger charge is 2.26. The fraction of sp³-hybridized carbons (Fsp3) is 0.944. The van der Waals surface area contributed by atoms with Crippen LogP contribution in [0.2, 0.25) is 0 Å². The molecule has 1 fully saturated rings. The van der Waals surface area contributed by atoms with Gasteiger partial charge in [-0.25, -0.2) is 4.79 Å². The Balaban J connectivity index is 2.36. The Hall–Kier alpha value is -0.810. The smallest absolute Gasteiger partial charge is 0.408 e. The van der Waals surface area contributed by atoms with Crippen molar-refractivity contribution in [3.63, 3.8) is 0 Å². The molecule has 1 amide bonds. The van der Waals surface area contributed by atoms with Crippen LogP contribution in [0.4, 0.5) is 4.79 Å². The first-order chi connectivity index (χ1) is 10.6. The summed E-state index contributed by atoms with van der Waals surface area (Å²) in [6, 6.07) is 0.538. The molecule has 1 aliphatic rings. The first kappa shape index (κ1) is 20.2. The summed E-state index contributed by atoms with van der Waals surface area (Å²) < 4.78 is 5.34. The van der Waals surface area contributed by atoms with Crippen LogP contribution in [0.3, 0.4) is 0 Å². The Morgan fingerprint density at radius 3 is 2.48 bits per heavy atom. The third-order valence-corrected chi connectivity index (χ3v) is 4.03. The van der Waals surface area contributed by atoms with Gasteiger partial charge < -0.3 is 20.3 Å². The van der Waals surface area contributed by atoms with Crippen molar-refractivity contribution in [2.45, 2.75) is 84.4 Å². The number of carbonyl (C=O) groups is 1. The van der Waals surface area contributed by atoms with Gasteiger partial charge in [0.25, 0.3) is 0 Å². The monoisotopic (exact) mass is 327 g/mol. The number of alkyl carbamates (subject to hydrolysis) is 1. The number of likely N-dealkylation sites (tertiary alicyclic amines) is 1. The summed E-state index contributed by atoms with van der Waals surface area (Å²) in [5.74, 6) is 0. The SMILES string of the molecule is CCCN1CCCC(NCC(C)(C)NC(=O)OC(C)(C)C)CC1. The molecular formula is C18H37N3O2. The number of amides is 1. The highest BCUT2D eigenvalue weighted by molar-refractivity contribution is 5.68. The van der Waals surface area contributed by atoms with Crippen molar-refractivity contribution >= 4 is 6.09 Å². The lowest BCUT2D eigenvalue weighted by Crippen LogP contribution is -2.53. The second-order valence-corrected chi connectivity index (χ2v) is 8.36. The molecule has 1 aliphatic heterocycles. The van der Waals surface area contributed by atoms with Gasteiger partial charge in [-0.1, -0.05) is 6.92 Å². The van der Waals surface area contributed by atoms with Crippen molar-refractivity contribution in [2.75, 3.05) is 26.2 Å². The van der Waals surface area contributed by atoms with Gasteiger partial charge in [-0.2, -0.15) is 0 Å². The van der Waals surface area contributed by atoms with Crippen LogP contribution < -0.4 is 10.6 Å². The van der Waals surface area contributed by atoms with Crippen molar-refractivity contribution in [1.82, 2.24) is 15.5 Å². The lowest BCUT2D eigenvalue weighted by molar-refractivity contribution is 0.0470. The van der Waals surface area contributed by atoms with Gasteiger partial charge >= 0.3 is 6.09 Å². The number of nitrogens with one attached hydrogen (secondary N) is 2. The summed E-state index contributed by atoms with van der Waals surface area (Å²) in [7, 11) is 0. The number of hydrogen-bond donors (Lipinski definition) is 2. The molecule has 5 heteroatoms. The van der Waals surface area contributed by atoms with Gasteiger partial charge in [-0.05, 0) is 79.9 Å². The molecule has 5 nitrogen and oxygen atoms in total. The number of carbonyl (C=O) groups excluding carboxylic acids is 1. The van der Waals surface area contributed by atoms with Crippen LogP contribution in [0.5, 0.6) is 0 Å². The van der Waals surface area contributed by atoms with Crippen LogP contribution in [0.15, 0.2) is 0 Å². The van der Waals surface area contributed by atoms with Gasteiger partial charge in [0, 0.05) is 12.6 Å². The number of rotatable bonds is 6. The third kappa shape index (κ3) is 9.16. The van der Waals surface area contributed by atoms with Crippen LogP contribution in [0.25, 0.3) is 0 Å². The Labute approximate surface area is 142 Å². The van der Waals surface area contributed by atoms with E-state index >= 15 is 0 Å². The molecular weight excluding hydrogens is 290 g/mol. The summed E-state index contributed by atoms with van der Waals surface area (Å²) >= 11 is 0. The number of hydrogen-bond acceptors (Lipinski definition) is 4. The van der Waals surface area contributed by atoms with Crippen LogP contribution >= 0.6 is 0 Å². The van der Waals surface area contributed by atoms with Crippen LogP contribution in [-0.4, -0.2) is 54.4 Å². The molecule has 0 saturated carbocycles. The molecule has 0 aromatic carbocycles. The summed E-state index contributed by atoms with van der Waals surface area (Å²) in [6.07, 6.45) is 4.52. The lowest BCUT2D eigenvalue weighted by Gasteiger charge is -2.30. The summed E-state index contributed by atoms with van der Waals surface area (Å²) in [5.41, 5.74) is -0.782. The molecule has 0 aromatic rings. The molecule has 136 valence electrons. The van der Waals surface area contributed by atoms with Gasteiger partial charge in [-0.15, -0.1) is 0 Å². The molecule has 1 heterocycles. The van der Waals surface area contributed by atoms with E-state index in [1.165, 1.54) is 45.3 Å². The summed E-state index contributed by atoms with van der Waals surface area (Å²) in [4.78, 5) is 14.5. The van der Waals surface area contributed by atoms with Gasteiger partial charge in [0.05, 0.1) is 5.54 Å². The van der Waals surface area contributed by atoms with Crippen LogP contribution in [-0.2, 0) is 4.74 Å². The van der Waals surface area contributed by atoms with Gasteiger partial charge in [0.15, 0.2) is 0 Å². The van der Waals surface area contributed by atoms with Crippen molar-refractivity contribution in [3.8, 4) is 0 Å². The van der Waals surface area contributed by atoms with Gasteiger partial charge in [0.1, 0.15) is 5.60 Å². The van der Waals surface area contributed by atoms with E-state index in [0.29, 0.717) is 6.04 Å². The molecule has 1 unspecified atom stereocenters. The minimum Gasteiger partial charge on any atom is -0.444 e. The normalized spacial score (nSPS) is 20.9. The second-order valence-electron chi connectivity index (χ2n) is 8.36. The van der Waals surface area contributed by atoms with Crippen LogP contribution in [0, 0.1) is 0 Å². The van der Waals surface area contributed by atoms with E-state index < -0.39 is 5.60 Å². The molecule has 0 aliphatic carbocycles. The summed E-state index contributed by atoms with van der Waals surface area (Å²) in [5, 5.41) is 6.60. The predicted octanol–water partition coefficient (Wildman–Crippen LogP) is 3.14. The molecule has 1 rings (SSSR count). The van der Waals surface area contributed by atoms with E-state index in [-0.39, 0.29) is 11.6 Å². The maximum Gasteiger partial charge on any atom is 0.408 e. The maximum atomic E-state index is 11.9. The molecule has 1 saturated heterocycles. The molecule has 0 bridgehead atoms. The van der Waals surface area contributed by atoms with Crippen molar-refractivity contribution in [2.24, 2.45) is 0 Å². The number of ether oxygens (including phenoxy) is 1. The second kappa shape index (κ2) is 8.88. The first-order valence-corrected chi connectivity index (χ1v) is 9.08. The van der Waals surface area contributed by atoms with Gasteiger partial charge in [0.2, 0.25) is 0 Å². The molecule has 0 aromatic heterocycles. The molecule has 1 atom stereocenters. The average Bonchev–Trinajstić information content (AvgIpc) is 2.59. The van der Waals surface area contributed by atoms with Crippen molar-refractivity contribution in [1.29, 1.82) is 0 Å². The van der Waals surface area contributed by atoms with Crippen molar-refractivity contribution in [3.05, 3.63) is 0 Å². The highest BCUT2D eigenvalue weighted by atomic mass is 16.6. The van der Waals surface area contributed by atoms with Crippen LogP contribution in [0.1, 0.15) is 67.2 Å². The minimum absolute atomic E-state index is 0.322. The summed E-state index contributed by atoms with van der Waals surface area (Å²) in [6.45, 7) is 16.3. The quantitative estimate of drug-likeness (QED) is 0.787. The zero-order valence-electron chi connectivity index (χ0n) is 16.0. The predicted molar refractivity (Wildman–Crippen MR) is 95.8 cm³/mol. The number of nitrogens with zero attached hydrogens (tertiary/aromatic N) is 1. The fourth-order valence-corrected chi connectivity index (χ4v) is 2.92. The standard InChI is InChI=1S/C18H37N3O2/c1-7-11-21-12-8-9-15(10-13-21)19-14-18(5,6)20-16(22)23-17(2,3)4/h15,19H,7-14H2,1-6H3,(H,20,22). The Kier molecular flexibility index (Phi) is 7.81. The van der Waals surface area contributed by atoms with E-state index in [0.717, 1.165) is 6.54 Å². The Bertz CT molecular complexity index is 364. The molecule has 2 N–H and O–H groups in total. The topological polar surface area (TPSA) is 53.6 Å². The lowest BCUT2D eigenvalue weighted by atomic mass is 10.0. The zero-order valence-corrected chi connectivity index (χ0v) is 16.0. The van der Waals surface area contributed by atoms with E-state index in [1.807, 2.05) is 34.6 Å². The largest absolute Gasteiger partial charge is 0.444 e. The minimum atomic E-state index is -0.461. The highest BCUT2D eigenvalue weighted by Crippen LogP contribution is 2.13. The molecule has 23 heavy (non-hydrogen) atoms. The third-order valence-electron chi connectivity index (χ3n) is 4.03. The first-order valence-electron chi connectivity index (χ1n) is 9.08. The zero-order chi connectivity index (χ0) is 17.5. The maximum absolute atomic E-state index is 11.9. The Morgan fingerprint density at radius 1 is 1.17 bits per heavy atom. The Morgan fingerprint density at radius 2 is 1.87 bits per heavy atom. The molecule has 0 spiro atoms. The molecule has 0 radical (unpaired) electrons. The van der Waals surface area contributed by atoms with E-state index in [4.69, 9.17) is 4.74 Å². The van der Waals surface area contributed by atoms with Gasteiger partial charge in [-0.3, -0.25) is 0 Å². The average molecular weight is 328 g/mol.